The highest BCUT2D eigenvalue weighted by Gasteiger charge is 2.15. The Labute approximate surface area is 133 Å². The number of imidazole rings is 1. The van der Waals surface area contributed by atoms with Gasteiger partial charge in [-0.05, 0) is 52.7 Å². The van der Waals surface area contributed by atoms with Crippen LogP contribution in [-0.4, -0.2) is 9.55 Å². The molecule has 0 fully saturated rings. The van der Waals surface area contributed by atoms with Gasteiger partial charge >= 0.3 is 0 Å². The molecule has 0 spiro atoms. The fraction of sp³-hybridized carbons (Fsp3) is 0.133. The second kappa shape index (κ2) is 5.39. The molecule has 2 nitrogen and oxygen atoms in total. The fourth-order valence-corrected chi connectivity index (χ4v) is 2.68. The lowest BCUT2D eigenvalue weighted by Crippen LogP contribution is -2.00. The summed E-state index contributed by atoms with van der Waals surface area (Å²) in [4.78, 5) is 4.32. The van der Waals surface area contributed by atoms with Crippen LogP contribution in [0.1, 0.15) is 11.4 Å². The average molecular weight is 372 g/mol. The Hall–Kier alpha value is -1.46. The second-order valence-electron chi connectivity index (χ2n) is 4.69. The Morgan fingerprint density at radius 2 is 1.95 bits per heavy atom. The highest BCUT2D eigenvalue weighted by atomic mass is 79.9. The summed E-state index contributed by atoms with van der Waals surface area (Å²) < 4.78 is 29.6. The van der Waals surface area contributed by atoms with Gasteiger partial charge in [-0.2, -0.15) is 0 Å². The molecule has 0 atom stereocenters. The summed E-state index contributed by atoms with van der Waals surface area (Å²) in [6.07, 6.45) is 0. The third-order valence-corrected chi connectivity index (χ3v) is 4.17. The lowest BCUT2D eigenvalue weighted by molar-refractivity contribution is 0.619. The topological polar surface area (TPSA) is 17.8 Å². The highest BCUT2D eigenvalue weighted by Crippen LogP contribution is 2.27. The number of aromatic nitrogens is 2. The van der Waals surface area contributed by atoms with Gasteiger partial charge in [0.25, 0.3) is 0 Å². The lowest BCUT2D eigenvalue weighted by atomic mass is 10.2. The fourth-order valence-electron chi connectivity index (χ4n) is 2.25. The first-order valence-electron chi connectivity index (χ1n) is 6.20. The maximum Gasteiger partial charge on any atom is 0.139 e. The van der Waals surface area contributed by atoms with Crippen molar-refractivity contribution in [2.75, 3.05) is 0 Å². The molecule has 0 radical (unpaired) electrons. The predicted octanol–water partition coefficient (Wildman–Crippen LogP) is 5.11. The van der Waals surface area contributed by atoms with E-state index in [4.69, 9.17) is 11.6 Å². The van der Waals surface area contributed by atoms with Crippen molar-refractivity contribution in [2.24, 2.45) is 0 Å². The number of alkyl halides is 1. The molecule has 1 heterocycles. The Morgan fingerprint density at radius 3 is 2.62 bits per heavy atom. The van der Waals surface area contributed by atoms with Gasteiger partial charge < -0.3 is 0 Å². The van der Waals surface area contributed by atoms with E-state index in [1.807, 2.05) is 0 Å². The molecule has 0 unspecified atom stereocenters. The normalized spacial score (nSPS) is 11.3. The molecule has 0 saturated carbocycles. The first-order valence-corrected chi connectivity index (χ1v) is 7.53. The van der Waals surface area contributed by atoms with Crippen molar-refractivity contribution in [3.05, 3.63) is 57.8 Å². The van der Waals surface area contributed by atoms with Crippen molar-refractivity contribution in [1.82, 2.24) is 9.55 Å². The van der Waals surface area contributed by atoms with Crippen LogP contribution in [0.5, 0.6) is 0 Å². The number of halogens is 4. The quantitative estimate of drug-likeness (QED) is 0.572. The summed E-state index contributed by atoms with van der Waals surface area (Å²) in [6.45, 7) is 1.68. The molecule has 0 aliphatic heterocycles. The number of rotatable bonds is 2. The van der Waals surface area contributed by atoms with Crippen LogP contribution in [-0.2, 0) is 5.88 Å². The van der Waals surface area contributed by atoms with Gasteiger partial charge in [-0.15, -0.1) is 11.6 Å². The summed E-state index contributed by atoms with van der Waals surface area (Å²) >= 11 is 9.05. The Balaban J connectivity index is 2.34. The Morgan fingerprint density at radius 1 is 1.19 bits per heavy atom. The van der Waals surface area contributed by atoms with Crippen LogP contribution < -0.4 is 0 Å². The third-order valence-electron chi connectivity index (χ3n) is 3.29. The van der Waals surface area contributed by atoms with E-state index in [9.17, 15) is 8.78 Å². The molecular formula is C15H10BrClF2N2. The number of nitrogens with zero attached hydrogens (tertiary/aromatic N) is 2. The summed E-state index contributed by atoms with van der Waals surface area (Å²) in [5.41, 5.74) is 2.30. The minimum Gasteiger partial charge on any atom is -0.295 e. The molecule has 0 N–H and O–H groups in total. The highest BCUT2D eigenvalue weighted by molar-refractivity contribution is 9.10. The van der Waals surface area contributed by atoms with E-state index in [1.54, 1.807) is 29.7 Å². The van der Waals surface area contributed by atoms with Crippen LogP contribution in [0.3, 0.4) is 0 Å². The van der Waals surface area contributed by atoms with Crippen LogP contribution in [0.2, 0.25) is 0 Å². The molecule has 3 rings (SSSR count). The van der Waals surface area contributed by atoms with Crippen LogP contribution in [0, 0.1) is 18.6 Å². The smallest absolute Gasteiger partial charge is 0.139 e. The molecule has 21 heavy (non-hydrogen) atoms. The summed E-state index contributed by atoms with van der Waals surface area (Å²) in [5, 5.41) is 0. The number of benzene rings is 2. The number of hydrogen-bond donors (Lipinski definition) is 0. The maximum atomic E-state index is 13.8. The van der Waals surface area contributed by atoms with Gasteiger partial charge in [0.1, 0.15) is 17.5 Å². The molecule has 0 aliphatic carbocycles. The number of fused-ring (bicyclic) bond motifs is 1. The SMILES string of the molecule is Cc1cc2c(cc1F)nc(CCl)n2-c1ccc(Br)c(F)c1. The van der Waals surface area contributed by atoms with Crippen molar-refractivity contribution >= 4 is 38.6 Å². The average Bonchev–Trinajstić information content (AvgIpc) is 2.80. The number of hydrogen-bond acceptors (Lipinski definition) is 1. The van der Waals surface area contributed by atoms with Crippen molar-refractivity contribution in [2.45, 2.75) is 12.8 Å². The predicted molar refractivity (Wildman–Crippen MR) is 83.0 cm³/mol. The van der Waals surface area contributed by atoms with Gasteiger partial charge in [0, 0.05) is 6.07 Å². The van der Waals surface area contributed by atoms with Gasteiger partial charge in [0.05, 0.1) is 27.1 Å². The van der Waals surface area contributed by atoms with Crippen molar-refractivity contribution < 1.29 is 8.78 Å². The first kappa shape index (κ1) is 14.5. The van der Waals surface area contributed by atoms with Crippen molar-refractivity contribution in [3.8, 4) is 5.69 Å². The van der Waals surface area contributed by atoms with Crippen molar-refractivity contribution in [1.29, 1.82) is 0 Å². The summed E-state index contributed by atoms with van der Waals surface area (Å²) in [7, 11) is 0. The van der Waals surface area contributed by atoms with E-state index >= 15 is 0 Å². The largest absolute Gasteiger partial charge is 0.295 e. The lowest BCUT2D eigenvalue weighted by Gasteiger charge is -2.09. The van der Waals surface area contributed by atoms with Crippen LogP contribution >= 0.6 is 27.5 Å². The van der Waals surface area contributed by atoms with Crippen LogP contribution in [0.4, 0.5) is 8.78 Å². The van der Waals surface area contributed by atoms with Crippen molar-refractivity contribution in [3.63, 3.8) is 0 Å². The van der Waals surface area contributed by atoms with Gasteiger partial charge in [-0.3, -0.25) is 4.57 Å². The zero-order valence-corrected chi connectivity index (χ0v) is 13.3. The minimum atomic E-state index is -0.381. The van der Waals surface area contributed by atoms with Gasteiger partial charge in [-0.25, -0.2) is 13.8 Å². The van der Waals surface area contributed by atoms with E-state index in [1.165, 1.54) is 12.1 Å². The number of aryl methyl sites for hydroxylation is 1. The summed E-state index contributed by atoms with van der Waals surface area (Å²) in [6, 6.07) is 7.81. The molecule has 0 aliphatic rings. The summed E-state index contributed by atoms with van der Waals surface area (Å²) in [5.74, 6) is -0.0186. The molecule has 0 saturated heterocycles. The molecular weight excluding hydrogens is 362 g/mol. The van der Waals surface area contributed by atoms with Gasteiger partial charge in [0.2, 0.25) is 0 Å². The molecule has 0 bridgehead atoms. The van der Waals surface area contributed by atoms with E-state index in [-0.39, 0.29) is 17.5 Å². The van der Waals surface area contributed by atoms with E-state index in [2.05, 4.69) is 20.9 Å². The Kier molecular flexibility index (Phi) is 3.71. The zero-order chi connectivity index (χ0) is 15.1. The second-order valence-corrected chi connectivity index (χ2v) is 5.81. The first-order chi connectivity index (χ1) is 10.0. The maximum absolute atomic E-state index is 13.8. The van der Waals surface area contributed by atoms with E-state index in [0.29, 0.717) is 32.6 Å². The molecule has 1 aromatic heterocycles. The molecule has 108 valence electrons. The van der Waals surface area contributed by atoms with Crippen LogP contribution in [0.25, 0.3) is 16.7 Å². The third kappa shape index (κ3) is 2.45. The standard InChI is InChI=1S/C15H10BrClF2N2/c1-8-4-14-13(6-11(8)18)20-15(7-17)21(14)9-2-3-10(16)12(19)5-9/h2-6H,7H2,1H3. The Bertz CT molecular complexity index is 845. The van der Waals surface area contributed by atoms with Gasteiger partial charge in [-0.1, -0.05) is 0 Å². The van der Waals surface area contributed by atoms with Crippen LogP contribution in [0.15, 0.2) is 34.8 Å². The molecule has 3 aromatic rings. The minimum absolute atomic E-state index is 0.146. The van der Waals surface area contributed by atoms with E-state index in [0.717, 1.165) is 0 Å². The zero-order valence-electron chi connectivity index (χ0n) is 11.0. The van der Waals surface area contributed by atoms with Gasteiger partial charge in [0.15, 0.2) is 0 Å². The molecule has 6 heteroatoms. The van der Waals surface area contributed by atoms with E-state index < -0.39 is 0 Å². The molecule has 2 aromatic carbocycles. The molecule has 0 amide bonds. The monoisotopic (exact) mass is 370 g/mol.